The van der Waals surface area contributed by atoms with Gasteiger partial charge >= 0.3 is 0 Å². The highest BCUT2D eigenvalue weighted by atomic mass is 16.6. The monoisotopic (exact) mass is 143 g/mol. The van der Waals surface area contributed by atoms with Crippen LogP contribution in [0, 0.1) is 10.1 Å². The molecule has 0 unspecified atom stereocenters. The summed E-state index contributed by atoms with van der Waals surface area (Å²) in [6, 6.07) is 0. The van der Waals surface area contributed by atoms with Crippen LogP contribution in [0.1, 0.15) is 6.42 Å². The molecule has 0 radical (unpaired) electrons. The van der Waals surface area contributed by atoms with E-state index in [0.29, 0.717) is 19.6 Å². The molecule has 10 heavy (non-hydrogen) atoms. The summed E-state index contributed by atoms with van der Waals surface area (Å²) in [7, 11) is 0. The highest BCUT2D eigenvalue weighted by Gasteiger charge is 2.08. The molecule has 0 aromatic rings. The van der Waals surface area contributed by atoms with E-state index < -0.39 is 0 Å². The summed E-state index contributed by atoms with van der Waals surface area (Å²) in [4.78, 5) is 9.68. The number of hydrogen-bond acceptors (Lipinski definition) is 3. The molecule has 0 bridgehead atoms. The van der Waals surface area contributed by atoms with E-state index in [1.165, 1.54) is 0 Å². The van der Waals surface area contributed by atoms with Gasteiger partial charge in [-0.1, -0.05) is 6.08 Å². The van der Waals surface area contributed by atoms with E-state index in [0.717, 1.165) is 5.57 Å². The van der Waals surface area contributed by atoms with E-state index in [4.69, 9.17) is 4.74 Å². The molecule has 0 spiro atoms. The van der Waals surface area contributed by atoms with Gasteiger partial charge < -0.3 is 4.74 Å². The summed E-state index contributed by atoms with van der Waals surface area (Å²) < 4.78 is 4.98. The molecule has 0 saturated heterocycles. The van der Waals surface area contributed by atoms with Crippen molar-refractivity contribution in [2.75, 3.05) is 19.8 Å². The molecule has 0 fully saturated rings. The van der Waals surface area contributed by atoms with Gasteiger partial charge in [-0.05, 0) is 6.42 Å². The van der Waals surface area contributed by atoms with Gasteiger partial charge in [-0.2, -0.15) is 0 Å². The Kier molecular flexibility index (Phi) is 2.39. The molecule has 1 heterocycles. The first-order valence-corrected chi connectivity index (χ1v) is 3.16. The maximum Gasteiger partial charge on any atom is 0.225 e. The van der Waals surface area contributed by atoms with Crippen molar-refractivity contribution in [2.24, 2.45) is 0 Å². The zero-order valence-corrected chi connectivity index (χ0v) is 5.58. The van der Waals surface area contributed by atoms with Crippen LogP contribution in [0.4, 0.5) is 0 Å². The Balaban J connectivity index is 2.38. The largest absolute Gasteiger partial charge is 0.377 e. The Labute approximate surface area is 58.6 Å². The van der Waals surface area contributed by atoms with Crippen LogP contribution in [-0.2, 0) is 4.74 Å². The Morgan fingerprint density at radius 3 is 3.10 bits per heavy atom. The SMILES string of the molecule is O=[N+]([O-])CC1=CCOCC1. The van der Waals surface area contributed by atoms with Crippen molar-refractivity contribution in [1.29, 1.82) is 0 Å². The molecular formula is C6H9NO3. The zero-order valence-electron chi connectivity index (χ0n) is 5.58. The van der Waals surface area contributed by atoms with Gasteiger partial charge in [-0.15, -0.1) is 0 Å². The van der Waals surface area contributed by atoms with Crippen LogP contribution in [0.25, 0.3) is 0 Å². The summed E-state index contributed by atoms with van der Waals surface area (Å²) >= 11 is 0. The fraction of sp³-hybridized carbons (Fsp3) is 0.667. The number of rotatable bonds is 2. The van der Waals surface area contributed by atoms with E-state index in [1.54, 1.807) is 6.08 Å². The molecule has 0 aromatic heterocycles. The number of hydrogen-bond donors (Lipinski definition) is 0. The fourth-order valence-electron chi connectivity index (χ4n) is 0.875. The molecule has 0 aromatic carbocycles. The van der Waals surface area contributed by atoms with Crippen LogP contribution in [-0.4, -0.2) is 24.7 Å². The molecule has 0 saturated carbocycles. The molecule has 4 nitrogen and oxygen atoms in total. The Morgan fingerprint density at radius 2 is 2.60 bits per heavy atom. The third-order valence-corrected chi connectivity index (χ3v) is 1.39. The quantitative estimate of drug-likeness (QED) is 0.323. The van der Waals surface area contributed by atoms with Crippen LogP contribution in [0.3, 0.4) is 0 Å². The lowest BCUT2D eigenvalue weighted by molar-refractivity contribution is -0.471. The number of ether oxygens (including phenoxy) is 1. The smallest absolute Gasteiger partial charge is 0.225 e. The van der Waals surface area contributed by atoms with Crippen LogP contribution in [0.5, 0.6) is 0 Å². The highest BCUT2D eigenvalue weighted by Crippen LogP contribution is 2.06. The van der Waals surface area contributed by atoms with Gasteiger partial charge in [0.05, 0.1) is 13.2 Å². The van der Waals surface area contributed by atoms with Gasteiger partial charge in [-0.25, -0.2) is 0 Å². The van der Waals surface area contributed by atoms with E-state index in [9.17, 15) is 10.1 Å². The molecule has 1 rings (SSSR count). The van der Waals surface area contributed by atoms with Crippen molar-refractivity contribution in [1.82, 2.24) is 0 Å². The Morgan fingerprint density at radius 1 is 1.80 bits per heavy atom. The van der Waals surface area contributed by atoms with Crippen LogP contribution >= 0.6 is 0 Å². The molecule has 56 valence electrons. The summed E-state index contributed by atoms with van der Waals surface area (Å²) in [5.74, 6) is 0. The molecule has 0 aliphatic carbocycles. The fourth-order valence-corrected chi connectivity index (χ4v) is 0.875. The van der Waals surface area contributed by atoms with Crippen molar-refractivity contribution >= 4 is 0 Å². The van der Waals surface area contributed by atoms with E-state index in [1.807, 2.05) is 0 Å². The third-order valence-electron chi connectivity index (χ3n) is 1.39. The average molecular weight is 143 g/mol. The molecule has 0 atom stereocenters. The average Bonchev–Trinajstić information content (AvgIpc) is 1.88. The number of nitro groups is 1. The second-order valence-corrected chi connectivity index (χ2v) is 2.18. The second-order valence-electron chi connectivity index (χ2n) is 2.18. The molecule has 1 aliphatic heterocycles. The lowest BCUT2D eigenvalue weighted by Crippen LogP contribution is -2.11. The van der Waals surface area contributed by atoms with Crippen LogP contribution in [0.15, 0.2) is 11.6 Å². The second kappa shape index (κ2) is 3.31. The molecule has 4 heteroatoms. The van der Waals surface area contributed by atoms with Gasteiger partial charge in [0.25, 0.3) is 0 Å². The molecule has 0 N–H and O–H groups in total. The first-order chi connectivity index (χ1) is 4.79. The Hall–Kier alpha value is -0.900. The van der Waals surface area contributed by atoms with Gasteiger partial charge in [0.1, 0.15) is 0 Å². The minimum absolute atomic E-state index is 0.0244. The Bertz CT molecular complexity index is 164. The summed E-state index contributed by atoms with van der Waals surface area (Å²) in [6.07, 6.45) is 2.49. The normalized spacial score (nSPS) is 18.2. The minimum Gasteiger partial charge on any atom is -0.377 e. The van der Waals surface area contributed by atoms with E-state index in [-0.39, 0.29) is 11.5 Å². The van der Waals surface area contributed by atoms with Gasteiger partial charge in [0.15, 0.2) is 0 Å². The van der Waals surface area contributed by atoms with E-state index in [2.05, 4.69) is 0 Å². The van der Waals surface area contributed by atoms with E-state index >= 15 is 0 Å². The van der Waals surface area contributed by atoms with Crippen molar-refractivity contribution in [3.8, 4) is 0 Å². The first kappa shape index (κ1) is 7.21. The van der Waals surface area contributed by atoms with Crippen molar-refractivity contribution in [2.45, 2.75) is 6.42 Å². The molecular weight excluding hydrogens is 134 g/mol. The van der Waals surface area contributed by atoms with Crippen molar-refractivity contribution < 1.29 is 9.66 Å². The van der Waals surface area contributed by atoms with Gasteiger partial charge in [0.2, 0.25) is 6.54 Å². The maximum absolute atomic E-state index is 9.99. The first-order valence-electron chi connectivity index (χ1n) is 3.16. The predicted octanol–water partition coefficient (Wildman–Crippen LogP) is 0.610. The molecule has 0 amide bonds. The zero-order chi connectivity index (χ0) is 7.40. The summed E-state index contributed by atoms with van der Waals surface area (Å²) in [6.45, 7) is 1.13. The predicted molar refractivity (Wildman–Crippen MR) is 35.4 cm³/mol. The maximum atomic E-state index is 9.99. The minimum atomic E-state index is -0.308. The van der Waals surface area contributed by atoms with Gasteiger partial charge in [0, 0.05) is 10.5 Å². The lowest BCUT2D eigenvalue weighted by atomic mass is 10.1. The summed E-state index contributed by atoms with van der Waals surface area (Å²) in [5, 5.41) is 9.99. The van der Waals surface area contributed by atoms with Crippen molar-refractivity contribution in [3.63, 3.8) is 0 Å². The topological polar surface area (TPSA) is 52.4 Å². The van der Waals surface area contributed by atoms with Crippen molar-refractivity contribution in [3.05, 3.63) is 21.8 Å². The van der Waals surface area contributed by atoms with Crippen LogP contribution in [0.2, 0.25) is 0 Å². The standard InChI is InChI=1S/C6H9NO3/c8-7(9)5-6-1-3-10-4-2-6/h1H,2-5H2. The highest BCUT2D eigenvalue weighted by molar-refractivity contribution is 5.04. The van der Waals surface area contributed by atoms with Crippen LogP contribution < -0.4 is 0 Å². The lowest BCUT2D eigenvalue weighted by Gasteiger charge is -2.08. The number of nitrogens with zero attached hydrogens (tertiary/aromatic N) is 1. The summed E-state index contributed by atoms with van der Waals surface area (Å²) in [5.41, 5.74) is 0.885. The third kappa shape index (κ3) is 2.14. The molecule has 1 aliphatic rings. The van der Waals surface area contributed by atoms with Gasteiger partial charge in [-0.3, -0.25) is 10.1 Å².